The van der Waals surface area contributed by atoms with Crippen LogP contribution in [0.25, 0.3) is 11.0 Å². The van der Waals surface area contributed by atoms with Gasteiger partial charge in [-0.2, -0.15) is 0 Å². The van der Waals surface area contributed by atoms with Crippen molar-refractivity contribution in [3.63, 3.8) is 0 Å². The first-order chi connectivity index (χ1) is 18.0. The highest BCUT2D eigenvalue weighted by atomic mass is 16.5. The summed E-state index contributed by atoms with van der Waals surface area (Å²) in [5, 5.41) is 0.422. The van der Waals surface area contributed by atoms with Gasteiger partial charge < -0.3 is 23.7 Å². The van der Waals surface area contributed by atoms with Gasteiger partial charge in [-0.25, -0.2) is 0 Å². The first-order valence-corrected chi connectivity index (χ1v) is 12.4. The molecule has 0 spiro atoms. The fourth-order valence-electron chi connectivity index (χ4n) is 4.66. The number of ether oxygens (including phenoxy) is 2. The van der Waals surface area contributed by atoms with Crippen LogP contribution in [0.1, 0.15) is 40.2 Å². The van der Waals surface area contributed by atoms with Gasteiger partial charge in [0.15, 0.2) is 5.43 Å². The molecule has 0 fully saturated rings. The lowest BCUT2D eigenvalue weighted by atomic mass is 9.98. The number of likely N-dealkylation sites (N-methyl/N-ethyl adjacent to an activating group) is 1. The molecule has 0 radical (unpaired) electrons. The average Bonchev–Trinajstić information content (AvgIpc) is 3.18. The van der Waals surface area contributed by atoms with Gasteiger partial charge in [0.2, 0.25) is 5.76 Å². The van der Waals surface area contributed by atoms with E-state index in [1.807, 2.05) is 80.5 Å². The number of nitrogens with zero attached hydrogens (tertiary/aromatic N) is 2. The Morgan fingerprint density at radius 1 is 0.919 bits per heavy atom. The van der Waals surface area contributed by atoms with Crippen LogP contribution in [-0.4, -0.2) is 49.5 Å². The van der Waals surface area contributed by atoms with Crippen LogP contribution in [-0.2, 0) is 6.61 Å². The maximum absolute atomic E-state index is 13.8. The van der Waals surface area contributed by atoms with Crippen molar-refractivity contribution in [3.8, 4) is 11.5 Å². The van der Waals surface area contributed by atoms with E-state index >= 15 is 0 Å². The normalized spacial score (nSPS) is 14.9. The standard InChI is InChI=1S/C30H30N2O5/c1-4-35-23-13-14-24-25(18-23)37-29-26(28(24)33)27(32(30(29)34)16-15-31(2)3)21-11-8-12-22(17-21)36-19-20-9-6-5-7-10-20/h5-14,17-18,27H,4,15-16,19H2,1-3H3. The van der Waals surface area contributed by atoms with Gasteiger partial charge in [0, 0.05) is 19.2 Å². The van der Waals surface area contributed by atoms with Crippen molar-refractivity contribution in [2.45, 2.75) is 19.6 Å². The molecule has 1 aromatic heterocycles. The summed E-state index contributed by atoms with van der Waals surface area (Å²) in [6, 6.07) is 22.1. The molecule has 0 N–H and O–H groups in total. The third kappa shape index (κ3) is 4.95. The molecule has 0 saturated carbocycles. The molecule has 0 bridgehead atoms. The molecule has 190 valence electrons. The van der Waals surface area contributed by atoms with E-state index in [1.54, 1.807) is 23.1 Å². The largest absolute Gasteiger partial charge is 0.494 e. The molecular formula is C30H30N2O5. The molecular weight excluding hydrogens is 468 g/mol. The summed E-state index contributed by atoms with van der Waals surface area (Å²) in [6.45, 7) is 3.88. The summed E-state index contributed by atoms with van der Waals surface area (Å²) < 4.78 is 17.7. The fourth-order valence-corrected chi connectivity index (χ4v) is 4.66. The van der Waals surface area contributed by atoms with Crippen LogP contribution in [0.2, 0.25) is 0 Å². The number of hydrogen-bond acceptors (Lipinski definition) is 6. The quantitative estimate of drug-likeness (QED) is 0.328. The molecule has 2 heterocycles. The Morgan fingerprint density at radius 3 is 2.46 bits per heavy atom. The van der Waals surface area contributed by atoms with E-state index in [9.17, 15) is 9.59 Å². The van der Waals surface area contributed by atoms with E-state index in [0.29, 0.717) is 54.3 Å². The molecule has 7 nitrogen and oxygen atoms in total. The highest BCUT2D eigenvalue weighted by molar-refractivity contribution is 5.99. The molecule has 1 atom stereocenters. The second-order valence-electron chi connectivity index (χ2n) is 9.32. The van der Waals surface area contributed by atoms with Gasteiger partial charge in [-0.15, -0.1) is 0 Å². The van der Waals surface area contributed by atoms with Crippen LogP contribution in [0.15, 0.2) is 82.0 Å². The van der Waals surface area contributed by atoms with Crippen molar-refractivity contribution in [2.24, 2.45) is 0 Å². The zero-order valence-electron chi connectivity index (χ0n) is 21.3. The number of amides is 1. The Labute approximate surface area is 215 Å². The van der Waals surface area contributed by atoms with Gasteiger partial charge in [-0.05, 0) is 56.4 Å². The molecule has 5 rings (SSSR count). The summed E-state index contributed by atoms with van der Waals surface area (Å²) in [5.74, 6) is 1.05. The third-order valence-corrected chi connectivity index (χ3v) is 6.46. The summed E-state index contributed by atoms with van der Waals surface area (Å²) in [5.41, 5.74) is 2.35. The Balaban J connectivity index is 1.57. The second kappa shape index (κ2) is 10.5. The summed E-state index contributed by atoms with van der Waals surface area (Å²) in [4.78, 5) is 31.1. The lowest BCUT2D eigenvalue weighted by molar-refractivity contribution is 0.0716. The number of hydrogen-bond donors (Lipinski definition) is 0. The van der Waals surface area contributed by atoms with Crippen LogP contribution in [0.4, 0.5) is 0 Å². The van der Waals surface area contributed by atoms with Gasteiger partial charge in [-0.1, -0.05) is 42.5 Å². The molecule has 37 heavy (non-hydrogen) atoms. The van der Waals surface area contributed by atoms with Crippen molar-refractivity contribution >= 4 is 16.9 Å². The lowest BCUT2D eigenvalue weighted by Crippen LogP contribution is -2.35. The van der Waals surface area contributed by atoms with Crippen LogP contribution in [0.3, 0.4) is 0 Å². The van der Waals surface area contributed by atoms with E-state index in [2.05, 4.69) is 0 Å². The number of fused-ring (bicyclic) bond motifs is 2. The van der Waals surface area contributed by atoms with Gasteiger partial charge in [-0.3, -0.25) is 9.59 Å². The van der Waals surface area contributed by atoms with E-state index in [0.717, 1.165) is 11.1 Å². The Morgan fingerprint density at radius 2 is 1.70 bits per heavy atom. The number of rotatable bonds is 9. The second-order valence-corrected chi connectivity index (χ2v) is 9.32. The SMILES string of the molecule is CCOc1ccc2c(=O)c3c(oc2c1)C(=O)N(CCN(C)C)C3c1cccc(OCc2ccccc2)c1. The summed E-state index contributed by atoms with van der Waals surface area (Å²) in [7, 11) is 3.90. The smallest absolute Gasteiger partial charge is 0.290 e. The third-order valence-electron chi connectivity index (χ3n) is 6.46. The minimum atomic E-state index is -0.574. The van der Waals surface area contributed by atoms with Crippen molar-refractivity contribution in [1.29, 1.82) is 0 Å². The van der Waals surface area contributed by atoms with Gasteiger partial charge in [0.25, 0.3) is 5.91 Å². The topological polar surface area (TPSA) is 72.2 Å². The maximum Gasteiger partial charge on any atom is 0.290 e. The summed E-state index contributed by atoms with van der Waals surface area (Å²) >= 11 is 0. The van der Waals surface area contributed by atoms with Crippen LogP contribution in [0, 0.1) is 0 Å². The van der Waals surface area contributed by atoms with Crippen LogP contribution in [0.5, 0.6) is 11.5 Å². The summed E-state index contributed by atoms with van der Waals surface area (Å²) in [6.07, 6.45) is 0. The van der Waals surface area contributed by atoms with Crippen molar-refractivity contribution in [1.82, 2.24) is 9.80 Å². The number of carbonyl (C=O) groups is 1. The predicted molar refractivity (Wildman–Crippen MR) is 142 cm³/mol. The molecule has 1 amide bonds. The van der Waals surface area contributed by atoms with Gasteiger partial charge in [0.1, 0.15) is 23.7 Å². The van der Waals surface area contributed by atoms with Gasteiger partial charge in [0.05, 0.1) is 23.6 Å². The van der Waals surface area contributed by atoms with E-state index in [1.165, 1.54) is 0 Å². The highest BCUT2D eigenvalue weighted by Crippen LogP contribution is 2.39. The fraction of sp³-hybridized carbons (Fsp3) is 0.267. The molecule has 0 aliphatic carbocycles. The van der Waals surface area contributed by atoms with Crippen molar-refractivity contribution in [2.75, 3.05) is 33.8 Å². The highest BCUT2D eigenvalue weighted by Gasteiger charge is 2.42. The number of carbonyl (C=O) groups excluding carboxylic acids is 1. The number of benzene rings is 3. The van der Waals surface area contributed by atoms with Gasteiger partial charge >= 0.3 is 0 Å². The minimum absolute atomic E-state index is 0.0884. The molecule has 0 saturated heterocycles. The lowest BCUT2D eigenvalue weighted by Gasteiger charge is -2.26. The molecule has 1 aliphatic rings. The Kier molecular flexibility index (Phi) is 6.97. The molecule has 1 aliphatic heterocycles. The van der Waals surface area contributed by atoms with E-state index in [4.69, 9.17) is 13.9 Å². The first kappa shape index (κ1) is 24.6. The van der Waals surface area contributed by atoms with Crippen LogP contribution < -0.4 is 14.9 Å². The zero-order valence-corrected chi connectivity index (χ0v) is 21.3. The Hall–Kier alpha value is -4.10. The maximum atomic E-state index is 13.8. The Bertz CT molecular complexity index is 1480. The first-order valence-electron chi connectivity index (χ1n) is 12.4. The van der Waals surface area contributed by atoms with Crippen LogP contribution >= 0.6 is 0 Å². The molecule has 3 aromatic carbocycles. The monoisotopic (exact) mass is 498 g/mol. The minimum Gasteiger partial charge on any atom is -0.494 e. The van der Waals surface area contributed by atoms with E-state index in [-0.39, 0.29) is 17.1 Å². The predicted octanol–water partition coefficient (Wildman–Crippen LogP) is 4.88. The molecule has 1 unspecified atom stereocenters. The molecule has 7 heteroatoms. The zero-order chi connectivity index (χ0) is 25.9. The van der Waals surface area contributed by atoms with E-state index < -0.39 is 6.04 Å². The molecule has 4 aromatic rings. The average molecular weight is 499 g/mol. The van der Waals surface area contributed by atoms with Crippen molar-refractivity contribution in [3.05, 3.63) is 105 Å². The van der Waals surface area contributed by atoms with Crippen molar-refractivity contribution < 1.29 is 18.7 Å².